The third-order valence-corrected chi connectivity index (χ3v) is 1.51. The Bertz CT molecular complexity index is 298. The van der Waals surface area contributed by atoms with Crippen LogP contribution in [-0.2, 0) is 6.54 Å². The predicted molar refractivity (Wildman–Crippen MR) is 35.7 cm³/mol. The maximum Gasteiger partial charge on any atom is 0.221 e. The molecule has 0 aromatic carbocycles. The van der Waals surface area contributed by atoms with E-state index in [-0.39, 0.29) is 5.78 Å². The minimum absolute atomic E-state index is 0.00347. The Morgan fingerprint density at radius 3 is 3.30 bits per heavy atom. The fraction of sp³-hybridized carbons (Fsp3) is 0.143. The number of hydrogen-bond donors (Lipinski definition) is 0. The van der Waals surface area contributed by atoms with Gasteiger partial charge < -0.3 is 4.57 Å². The maximum absolute atomic E-state index is 11.0. The average Bonchev–Trinajstić information content (AvgIpc) is 2.36. The molecule has 0 fully saturated rings. The lowest BCUT2D eigenvalue weighted by atomic mass is 10.3. The minimum Gasteiger partial charge on any atom is -0.324 e. The molecular weight excluding hydrogens is 128 g/mol. The maximum atomic E-state index is 11.0. The quantitative estimate of drug-likeness (QED) is 0.521. The number of fused-ring (bicyclic) bond motifs is 1. The normalized spacial score (nSPS) is 15.4. The molecule has 0 unspecified atom stereocenters. The molecule has 2 rings (SSSR count). The highest BCUT2D eigenvalue weighted by molar-refractivity contribution is 6.02. The van der Waals surface area contributed by atoms with E-state index in [2.05, 4.69) is 4.98 Å². The minimum atomic E-state index is -0.00347. The van der Waals surface area contributed by atoms with Crippen molar-refractivity contribution in [2.24, 2.45) is 0 Å². The number of aromatic nitrogens is 2. The van der Waals surface area contributed by atoms with E-state index >= 15 is 0 Å². The molecular formula is C7H6N2O. The van der Waals surface area contributed by atoms with E-state index in [1.54, 1.807) is 18.5 Å². The van der Waals surface area contributed by atoms with Gasteiger partial charge in [0.2, 0.25) is 5.78 Å². The van der Waals surface area contributed by atoms with Crippen molar-refractivity contribution >= 4 is 5.78 Å². The third-order valence-electron chi connectivity index (χ3n) is 1.51. The lowest BCUT2D eigenvalue weighted by Gasteiger charge is -2.05. The second-order valence-corrected chi connectivity index (χ2v) is 2.17. The lowest BCUT2D eigenvalue weighted by molar-refractivity contribution is 0.103. The number of nitrogens with zero attached hydrogens (tertiary/aromatic N) is 2. The Labute approximate surface area is 58.0 Å². The zero-order valence-corrected chi connectivity index (χ0v) is 5.32. The molecule has 0 spiro atoms. The van der Waals surface area contributed by atoms with Gasteiger partial charge in [-0.15, -0.1) is 0 Å². The van der Waals surface area contributed by atoms with Crippen LogP contribution in [0.3, 0.4) is 0 Å². The fourth-order valence-electron chi connectivity index (χ4n) is 1.03. The second-order valence-electron chi connectivity index (χ2n) is 2.17. The first kappa shape index (κ1) is 5.41. The van der Waals surface area contributed by atoms with Gasteiger partial charge in [-0.1, -0.05) is 6.08 Å². The van der Waals surface area contributed by atoms with Crippen LogP contribution in [0.25, 0.3) is 0 Å². The third kappa shape index (κ3) is 0.603. The second kappa shape index (κ2) is 1.80. The summed E-state index contributed by atoms with van der Waals surface area (Å²) in [6.07, 6.45) is 6.83. The Morgan fingerprint density at radius 1 is 1.60 bits per heavy atom. The van der Waals surface area contributed by atoms with Gasteiger partial charge in [-0.25, -0.2) is 4.98 Å². The molecule has 0 atom stereocenters. The highest BCUT2D eigenvalue weighted by atomic mass is 16.1. The van der Waals surface area contributed by atoms with E-state index < -0.39 is 0 Å². The highest BCUT2D eigenvalue weighted by Gasteiger charge is 2.11. The Kier molecular flexibility index (Phi) is 0.974. The molecule has 10 heavy (non-hydrogen) atoms. The van der Waals surface area contributed by atoms with Crippen molar-refractivity contribution in [3.63, 3.8) is 0 Å². The van der Waals surface area contributed by atoms with Crippen LogP contribution in [0.5, 0.6) is 0 Å². The van der Waals surface area contributed by atoms with E-state index in [0.717, 1.165) is 6.54 Å². The van der Waals surface area contributed by atoms with Crippen molar-refractivity contribution in [3.05, 3.63) is 30.4 Å². The molecule has 0 amide bonds. The SMILES string of the molecule is O=C1C=CCn2ccnc21. The first-order valence-corrected chi connectivity index (χ1v) is 3.10. The van der Waals surface area contributed by atoms with Gasteiger partial charge in [-0.2, -0.15) is 0 Å². The molecule has 1 aliphatic heterocycles. The van der Waals surface area contributed by atoms with Gasteiger partial charge in [0.1, 0.15) is 0 Å². The Morgan fingerprint density at radius 2 is 2.50 bits per heavy atom. The van der Waals surface area contributed by atoms with Crippen molar-refractivity contribution in [2.45, 2.75) is 6.54 Å². The predicted octanol–water partition coefficient (Wildman–Crippen LogP) is 0.636. The Balaban J connectivity index is 2.58. The van der Waals surface area contributed by atoms with E-state index in [9.17, 15) is 4.79 Å². The van der Waals surface area contributed by atoms with Crippen LogP contribution in [0.15, 0.2) is 24.5 Å². The van der Waals surface area contributed by atoms with Crippen molar-refractivity contribution in [1.82, 2.24) is 9.55 Å². The summed E-state index contributed by atoms with van der Waals surface area (Å²) in [4.78, 5) is 14.9. The van der Waals surface area contributed by atoms with E-state index in [0.29, 0.717) is 5.82 Å². The number of carbonyl (C=O) groups excluding carboxylic acids is 1. The summed E-state index contributed by atoms with van der Waals surface area (Å²) in [6.45, 7) is 0.765. The molecule has 0 bridgehead atoms. The van der Waals surface area contributed by atoms with Crippen LogP contribution in [0.2, 0.25) is 0 Å². The van der Waals surface area contributed by atoms with Crippen LogP contribution in [0, 0.1) is 0 Å². The molecule has 1 aromatic heterocycles. The largest absolute Gasteiger partial charge is 0.324 e. The summed E-state index contributed by atoms with van der Waals surface area (Å²) in [6, 6.07) is 0. The number of allylic oxidation sites excluding steroid dienone is 2. The molecule has 0 saturated heterocycles. The van der Waals surface area contributed by atoms with Gasteiger partial charge in [0.15, 0.2) is 5.82 Å². The number of rotatable bonds is 0. The van der Waals surface area contributed by atoms with Crippen molar-refractivity contribution in [2.75, 3.05) is 0 Å². The number of imidazole rings is 1. The molecule has 1 aromatic rings. The summed E-state index contributed by atoms with van der Waals surface area (Å²) in [7, 11) is 0. The summed E-state index contributed by atoms with van der Waals surface area (Å²) in [5, 5.41) is 0. The standard InChI is InChI=1S/C7H6N2O/c10-6-2-1-4-9-5-3-8-7(6)9/h1-3,5H,4H2. The zero-order valence-electron chi connectivity index (χ0n) is 5.32. The van der Waals surface area contributed by atoms with E-state index in [1.807, 2.05) is 10.6 Å². The van der Waals surface area contributed by atoms with E-state index in [1.165, 1.54) is 0 Å². The van der Waals surface area contributed by atoms with Crippen molar-refractivity contribution in [3.8, 4) is 0 Å². The van der Waals surface area contributed by atoms with Crippen LogP contribution in [0.4, 0.5) is 0 Å². The van der Waals surface area contributed by atoms with Crippen LogP contribution in [0.1, 0.15) is 10.6 Å². The molecule has 0 N–H and O–H groups in total. The summed E-state index contributed by atoms with van der Waals surface area (Å²) >= 11 is 0. The van der Waals surface area contributed by atoms with Gasteiger partial charge >= 0.3 is 0 Å². The molecule has 3 heteroatoms. The number of ketones is 1. The molecule has 0 radical (unpaired) electrons. The molecule has 50 valence electrons. The van der Waals surface area contributed by atoms with Crippen LogP contribution < -0.4 is 0 Å². The molecule has 3 nitrogen and oxygen atoms in total. The highest BCUT2D eigenvalue weighted by Crippen LogP contribution is 2.04. The number of carbonyl (C=O) groups is 1. The van der Waals surface area contributed by atoms with Gasteiger partial charge in [0.25, 0.3) is 0 Å². The number of hydrogen-bond acceptors (Lipinski definition) is 2. The smallest absolute Gasteiger partial charge is 0.221 e. The van der Waals surface area contributed by atoms with Crippen molar-refractivity contribution < 1.29 is 4.79 Å². The summed E-state index contributed by atoms with van der Waals surface area (Å²) in [5.41, 5.74) is 0. The lowest BCUT2D eigenvalue weighted by Crippen LogP contribution is -2.11. The van der Waals surface area contributed by atoms with Crippen molar-refractivity contribution in [1.29, 1.82) is 0 Å². The fourth-order valence-corrected chi connectivity index (χ4v) is 1.03. The monoisotopic (exact) mass is 134 g/mol. The average molecular weight is 134 g/mol. The molecule has 2 heterocycles. The van der Waals surface area contributed by atoms with Gasteiger partial charge in [0, 0.05) is 18.9 Å². The van der Waals surface area contributed by atoms with Crippen LogP contribution >= 0.6 is 0 Å². The molecule has 0 saturated carbocycles. The molecule has 0 aliphatic carbocycles. The zero-order chi connectivity index (χ0) is 6.97. The topological polar surface area (TPSA) is 34.9 Å². The summed E-state index contributed by atoms with van der Waals surface area (Å²) in [5.74, 6) is 0.541. The summed E-state index contributed by atoms with van der Waals surface area (Å²) < 4.78 is 1.82. The van der Waals surface area contributed by atoms with Gasteiger partial charge in [-0.05, 0) is 6.08 Å². The molecule has 1 aliphatic rings. The Hall–Kier alpha value is -1.38. The first-order valence-electron chi connectivity index (χ1n) is 3.10. The van der Waals surface area contributed by atoms with Gasteiger partial charge in [-0.3, -0.25) is 4.79 Å². The van der Waals surface area contributed by atoms with Gasteiger partial charge in [0.05, 0.1) is 0 Å². The first-order chi connectivity index (χ1) is 4.88. The van der Waals surface area contributed by atoms with E-state index in [4.69, 9.17) is 0 Å². The van der Waals surface area contributed by atoms with Crippen LogP contribution in [-0.4, -0.2) is 15.3 Å².